The van der Waals surface area contributed by atoms with E-state index in [-0.39, 0.29) is 0 Å². The van der Waals surface area contributed by atoms with Gasteiger partial charge in [-0.3, -0.25) is 4.98 Å². The van der Waals surface area contributed by atoms with Gasteiger partial charge in [-0.1, -0.05) is 29.8 Å². The molecule has 2 rings (SSSR count). The van der Waals surface area contributed by atoms with Crippen LogP contribution in [0.25, 0.3) is 0 Å². The monoisotopic (exact) mass is 199 g/mol. The SMILES string of the molecule is Cc1cccc(COc2cccnc2)c1. The topological polar surface area (TPSA) is 22.1 Å². The first kappa shape index (κ1) is 9.71. The maximum absolute atomic E-state index is 5.58. The third-order valence-electron chi connectivity index (χ3n) is 2.12. The lowest BCUT2D eigenvalue weighted by Crippen LogP contribution is -1.95. The minimum Gasteiger partial charge on any atom is -0.487 e. The van der Waals surface area contributed by atoms with Crippen LogP contribution in [0.15, 0.2) is 48.8 Å². The molecule has 15 heavy (non-hydrogen) atoms. The van der Waals surface area contributed by atoms with E-state index in [1.165, 1.54) is 11.1 Å². The second kappa shape index (κ2) is 4.60. The molecule has 76 valence electrons. The van der Waals surface area contributed by atoms with E-state index in [9.17, 15) is 0 Å². The number of pyridine rings is 1. The third-order valence-corrected chi connectivity index (χ3v) is 2.12. The Morgan fingerprint density at radius 2 is 2.13 bits per heavy atom. The van der Waals surface area contributed by atoms with Crippen LogP contribution in [-0.2, 0) is 6.61 Å². The van der Waals surface area contributed by atoms with E-state index < -0.39 is 0 Å². The number of ether oxygens (including phenoxy) is 1. The van der Waals surface area contributed by atoms with Crippen molar-refractivity contribution in [1.29, 1.82) is 0 Å². The minimum absolute atomic E-state index is 0.591. The quantitative estimate of drug-likeness (QED) is 0.758. The predicted octanol–water partition coefficient (Wildman–Crippen LogP) is 2.97. The summed E-state index contributed by atoms with van der Waals surface area (Å²) in [5.41, 5.74) is 2.43. The second-order valence-electron chi connectivity index (χ2n) is 3.47. The number of hydrogen-bond acceptors (Lipinski definition) is 2. The molecule has 0 spiro atoms. The Balaban J connectivity index is 1.99. The zero-order chi connectivity index (χ0) is 10.5. The standard InChI is InChI=1S/C13H13NO/c1-11-4-2-5-12(8-11)10-15-13-6-3-7-14-9-13/h2-9H,10H2,1H3. The van der Waals surface area contributed by atoms with Crippen LogP contribution in [0.2, 0.25) is 0 Å². The van der Waals surface area contributed by atoms with Gasteiger partial charge < -0.3 is 4.74 Å². The van der Waals surface area contributed by atoms with Gasteiger partial charge in [0.15, 0.2) is 0 Å². The van der Waals surface area contributed by atoms with Crippen LogP contribution in [-0.4, -0.2) is 4.98 Å². The van der Waals surface area contributed by atoms with Crippen LogP contribution in [0.3, 0.4) is 0 Å². The smallest absolute Gasteiger partial charge is 0.138 e. The van der Waals surface area contributed by atoms with Crippen LogP contribution < -0.4 is 4.74 Å². The van der Waals surface area contributed by atoms with Crippen molar-refractivity contribution in [2.45, 2.75) is 13.5 Å². The molecule has 0 saturated carbocycles. The van der Waals surface area contributed by atoms with E-state index in [0.717, 1.165) is 5.75 Å². The van der Waals surface area contributed by atoms with Gasteiger partial charge in [0.1, 0.15) is 12.4 Å². The number of nitrogens with zero attached hydrogens (tertiary/aromatic N) is 1. The molecular formula is C13H13NO. The lowest BCUT2D eigenvalue weighted by atomic mass is 10.1. The summed E-state index contributed by atoms with van der Waals surface area (Å²) in [6, 6.07) is 12.1. The largest absolute Gasteiger partial charge is 0.487 e. The molecule has 0 N–H and O–H groups in total. The number of rotatable bonds is 3. The fourth-order valence-corrected chi connectivity index (χ4v) is 1.40. The van der Waals surface area contributed by atoms with Crippen LogP contribution in [0, 0.1) is 6.92 Å². The van der Waals surface area contributed by atoms with E-state index >= 15 is 0 Å². The summed E-state index contributed by atoms with van der Waals surface area (Å²) in [5.74, 6) is 0.805. The van der Waals surface area contributed by atoms with Crippen molar-refractivity contribution < 1.29 is 4.74 Å². The molecule has 1 aromatic heterocycles. The molecule has 1 aromatic carbocycles. The number of benzene rings is 1. The lowest BCUT2D eigenvalue weighted by molar-refractivity contribution is 0.305. The van der Waals surface area contributed by atoms with Crippen molar-refractivity contribution in [2.24, 2.45) is 0 Å². The van der Waals surface area contributed by atoms with E-state index in [1.807, 2.05) is 18.2 Å². The van der Waals surface area contributed by atoms with E-state index in [4.69, 9.17) is 4.74 Å². The van der Waals surface area contributed by atoms with Crippen molar-refractivity contribution in [3.8, 4) is 5.75 Å². The molecule has 2 aromatic rings. The van der Waals surface area contributed by atoms with Crippen LogP contribution in [0.1, 0.15) is 11.1 Å². The molecular weight excluding hydrogens is 186 g/mol. The highest BCUT2D eigenvalue weighted by molar-refractivity contribution is 5.23. The predicted molar refractivity (Wildman–Crippen MR) is 59.7 cm³/mol. The zero-order valence-electron chi connectivity index (χ0n) is 8.68. The Bertz CT molecular complexity index is 426. The minimum atomic E-state index is 0.591. The van der Waals surface area contributed by atoms with Crippen LogP contribution in [0.4, 0.5) is 0 Å². The second-order valence-corrected chi connectivity index (χ2v) is 3.47. The first-order valence-electron chi connectivity index (χ1n) is 4.93. The fraction of sp³-hybridized carbons (Fsp3) is 0.154. The molecule has 2 heteroatoms. The van der Waals surface area contributed by atoms with Gasteiger partial charge in [-0.15, -0.1) is 0 Å². The third kappa shape index (κ3) is 2.81. The number of hydrogen-bond donors (Lipinski definition) is 0. The molecule has 1 heterocycles. The average molecular weight is 199 g/mol. The maximum atomic E-state index is 5.58. The summed E-state index contributed by atoms with van der Waals surface area (Å²) in [6.45, 7) is 2.67. The highest BCUT2D eigenvalue weighted by Crippen LogP contribution is 2.10. The Kier molecular flexibility index (Phi) is 2.98. The summed E-state index contributed by atoms with van der Waals surface area (Å²) in [6.07, 6.45) is 3.45. The van der Waals surface area contributed by atoms with Gasteiger partial charge in [0.05, 0.1) is 6.20 Å². The van der Waals surface area contributed by atoms with E-state index in [1.54, 1.807) is 12.4 Å². The summed E-state index contributed by atoms with van der Waals surface area (Å²) in [5, 5.41) is 0. The van der Waals surface area contributed by atoms with Gasteiger partial charge in [0.2, 0.25) is 0 Å². The van der Waals surface area contributed by atoms with Crippen molar-refractivity contribution in [2.75, 3.05) is 0 Å². The zero-order valence-corrected chi connectivity index (χ0v) is 8.68. The van der Waals surface area contributed by atoms with Crippen molar-refractivity contribution >= 4 is 0 Å². The summed E-state index contributed by atoms with van der Waals surface area (Å²) in [4.78, 5) is 3.99. The Hall–Kier alpha value is -1.83. The van der Waals surface area contributed by atoms with Crippen molar-refractivity contribution in [1.82, 2.24) is 4.98 Å². The number of aromatic nitrogens is 1. The van der Waals surface area contributed by atoms with Crippen LogP contribution >= 0.6 is 0 Å². The van der Waals surface area contributed by atoms with E-state index in [2.05, 4.69) is 30.1 Å². The van der Waals surface area contributed by atoms with Crippen molar-refractivity contribution in [3.05, 3.63) is 59.9 Å². The molecule has 2 nitrogen and oxygen atoms in total. The summed E-state index contributed by atoms with van der Waals surface area (Å²) < 4.78 is 5.58. The molecule has 0 amide bonds. The van der Waals surface area contributed by atoms with Gasteiger partial charge in [-0.2, -0.15) is 0 Å². The fourth-order valence-electron chi connectivity index (χ4n) is 1.40. The highest BCUT2D eigenvalue weighted by Gasteiger charge is 1.95. The van der Waals surface area contributed by atoms with Gasteiger partial charge >= 0.3 is 0 Å². The van der Waals surface area contributed by atoms with Gasteiger partial charge in [0.25, 0.3) is 0 Å². The first-order chi connectivity index (χ1) is 7.34. The maximum Gasteiger partial charge on any atom is 0.138 e. The van der Waals surface area contributed by atoms with E-state index in [0.29, 0.717) is 6.61 Å². The van der Waals surface area contributed by atoms with Gasteiger partial charge in [0, 0.05) is 6.20 Å². The summed E-state index contributed by atoms with van der Waals surface area (Å²) in [7, 11) is 0. The number of aryl methyl sites for hydroxylation is 1. The molecule has 0 aliphatic carbocycles. The average Bonchev–Trinajstić information content (AvgIpc) is 2.28. The van der Waals surface area contributed by atoms with Gasteiger partial charge in [-0.25, -0.2) is 0 Å². The molecule has 0 saturated heterocycles. The first-order valence-corrected chi connectivity index (χ1v) is 4.93. The molecule has 0 bridgehead atoms. The molecule has 0 atom stereocenters. The molecule has 0 aliphatic heterocycles. The van der Waals surface area contributed by atoms with Crippen molar-refractivity contribution in [3.63, 3.8) is 0 Å². The molecule has 0 fully saturated rings. The Morgan fingerprint density at radius 3 is 2.87 bits per heavy atom. The van der Waals surface area contributed by atoms with Gasteiger partial charge in [-0.05, 0) is 24.6 Å². The molecule has 0 radical (unpaired) electrons. The Morgan fingerprint density at radius 1 is 1.20 bits per heavy atom. The lowest BCUT2D eigenvalue weighted by Gasteiger charge is -2.05. The Labute approximate surface area is 89.6 Å². The summed E-state index contributed by atoms with van der Waals surface area (Å²) >= 11 is 0. The van der Waals surface area contributed by atoms with Crippen LogP contribution in [0.5, 0.6) is 5.75 Å². The highest BCUT2D eigenvalue weighted by atomic mass is 16.5. The normalized spacial score (nSPS) is 9.93. The molecule has 0 aliphatic rings. The molecule has 0 unspecified atom stereocenters.